The van der Waals surface area contributed by atoms with Crippen molar-refractivity contribution >= 4 is 32.9 Å². The Kier molecular flexibility index (Phi) is 9.22. The molecule has 0 heterocycles. The van der Waals surface area contributed by atoms with Crippen molar-refractivity contribution < 1.29 is 24.1 Å². The number of rotatable bonds is 3. The molecule has 5 heteroatoms. The van der Waals surface area contributed by atoms with Crippen LogP contribution in [0.2, 0.25) is 18.1 Å². The summed E-state index contributed by atoms with van der Waals surface area (Å²) >= 11 is 1.73. The van der Waals surface area contributed by atoms with E-state index in [1.165, 1.54) is 11.6 Å². The quantitative estimate of drug-likeness (QED) is 0.706. The van der Waals surface area contributed by atoms with E-state index in [-0.39, 0.29) is 24.8 Å². The van der Waals surface area contributed by atoms with Crippen LogP contribution in [0.4, 0.5) is 0 Å². The first kappa shape index (κ1) is 20.8. The Morgan fingerprint density at radius 1 is 1.17 bits per heavy atom. The van der Waals surface area contributed by atoms with Crippen molar-refractivity contribution in [2.75, 3.05) is 0 Å². The first-order chi connectivity index (χ1) is 7.26. The summed E-state index contributed by atoms with van der Waals surface area (Å²) in [6.07, 6.45) is 0. The molecule has 0 bridgehead atoms. The Morgan fingerprint density at radius 3 is 2.17 bits per heavy atom. The van der Waals surface area contributed by atoms with Crippen molar-refractivity contribution in [2.45, 2.75) is 44.9 Å². The summed E-state index contributed by atoms with van der Waals surface area (Å²) in [7, 11) is -1.24. The molecule has 1 aromatic carbocycles. The van der Waals surface area contributed by atoms with E-state index in [4.69, 9.17) is 3.32 Å². The third kappa shape index (κ3) is 5.66. The molecule has 103 valence electrons. The Labute approximate surface area is 137 Å². The zero-order valence-corrected chi connectivity index (χ0v) is 15.9. The standard InChI is InChI=1S/C13H22OSi.2ClH.Ti/c1-13(2,3)15(4,5)10-11-7-6-8-12(14)9-11;;;/h6-9,14H,10H2,1-5H3;2*1H;/q;;;+1/p-1. The Hall–Kier alpha value is 0.531. The van der Waals surface area contributed by atoms with Crippen LogP contribution < -0.4 is 3.32 Å². The van der Waals surface area contributed by atoms with Crippen molar-refractivity contribution in [2.24, 2.45) is 0 Å². The molecule has 18 heavy (non-hydrogen) atoms. The van der Waals surface area contributed by atoms with Gasteiger partial charge in [-0.05, 0) is 0 Å². The molecule has 0 unspecified atom stereocenters. The monoisotopic (exact) mass is 341 g/mol. The number of benzene rings is 1. The van der Waals surface area contributed by atoms with E-state index in [0.717, 1.165) is 5.75 Å². The molecule has 0 aliphatic rings. The van der Waals surface area contributed by atoms with Crippen molar-refractivity contribution in [3.63, 3.8) is 0 Å². The van der Waals surface area contributed by atoms with Crippen LogP contribution in [-0.2, 0) is 26.9 Å². The maximum absolute atomic E-state index is 5.27. The molecule has 0 N–H and O–H groups in total. The van der Waals surface area contributed by atoms with Gasteiger partial charge in [0.2, 0.25) is 0 Å². The average molecular weight is 342 g/mol. The minimum atomic E-state index is -1.24. The van der Waals surface area contributed by atoms with Gasteiger partial charge in [-0.2, -0.15) is 0 Å². The van der Waals surface area contributed by atoms with Gasteiger partial charge in [-0.15, -0.1) is 24.8 Å². The van der Waals surface area contributed by atoms with Gasteiger partial charge in [0.15, 0.2) is 0 Å². The van der Waals surface area contributed by atoms with Crippen LogP contribution in [0.15, 0.2) is 24.3 Å². The second-order valence-electron chi connectivity index (χ2n) is 6.06. The zero-order chi connectivity index (χ0) is 12.4. The predicted octanol–water partition coefficient (Wildman–Crippen LogP) is 4.96. The average Bonchev–Trinajstić information content (AvgIpc) is 2.15. The van der Waals surface area contributed by atoms with Crippen LogP contribution in [0, 0.1) is 0 Å². The maximum Gasteiger partial charge on any atom is -0.147 e. The molecule has 0 amide bonds. The van der Waals surface area contributed by atoms with Gasteiger partial charge in [0.1, 0.15) is 0 Å². The van der Waals surface area contributed by atoms with E-state index < -0.39 is 8.07 Å². The number of hydrogen-bond acceptors (Lipinski definition) is 1. The molecule has 0 aromatic heterocycles. The van der Waals surface area contributed by atoms with Gasteiger partial charge in [-0.3, -0.25) is 0 Å². The van der Waals surface area contributed by atoms with Crippen LogP contribution >= 0.6 is 24.8 Å². The van der Waals surface area contributed by atoms with Crippen LogP contribution in [0.3, 0.4) is 0 Å². The summed E-state index contributed by atoms with van der Waals surface area (Å²) in [5.74, 6) is 0.969. The largest absolute Gasteiger partial charge is 0.147 e. The van der Waals surface area contributed by atoms with Gasteiger partial charge in [-0.1, -0.05) is 0 Å². The zero-order valence-electron chi connectivity index (χ0n) is 11.7. The normalized spacial score (nSPS) is 11.1. The fourth-order valence-corrected chi connectivity index (χ4v) is 3.46. The molecule has 0 aliphatic carbocycles. The molecule has 0 saturated heterocycles. The topological polar surface area (TPSA) is 9.23 Å². The third-order valence-electron chi connectivity index (χ3n) is 3.69. The van der Waals surface area contributed by atoms with Gasteiger partial charge in [0, 0.05) is 0 Å². The van der Waals surface area contributed by atoms with E-state index in [9.17, 15) is 0 Å². The molecule has 0 atom stereocenters. The van der Waals surface area contributed by atoms with E-state index in [2.05, 4.69) is 52.1 Å². The Bertz CT molecular complexity index is 364. The molecule has 0 radical (unpaired) electrons. The van der Waals surface area contributed by atoms with Crippen LogP contribution in [-0.4, -0.2) is 8.07 Å². The molecular weight excluding hydrogens is 319 g/mol. The van der Waals surface area contributed by atoms with E-state index in [1.807, 2.05) is 6.07 Å². The van der Waals surface area contributed by atoms with Crippen molar-refractivity contribution in [1.82, 2.24) is 0 Å². The summed E-state index contributed by atoms with van der Waals surface area (Å²) in [4.78, 5) is 0. The minimum absolute atomic E-state index is 0. The van der Waals surface area contributed by atoms with Gasteiger partial charge < -0.3 is 0 Å². The fourth-order valence-electron chi connectivity index (χ4n) is 1.49. The SMILES string of the molecule is CC(C)(C)[Si](C)(C)Cc1cccc([O][Ti])c1.Cl.Cl. The molecule has 0 aliphatic heterocycles. The van der Waals surface area contributed by atoms with Crippen molar-refractivity contribution in [3.8, 4) is 5.75 Å². The smallest absolute Gasteiger partial charge is 0.147 e. The number of halogens is 2. The van der Waals surface area contributed by atoms with Crippen LogP contribution in [0.5, 0.6) is 5.75 Å². The molecule has 0 fully saturated rings. The second kappa shape index (κ2) is 7.96. The molecule has 1 nitrogen and oxygen atoms in total. The molecule has 0 spiro atoms. The van der Waals surface area contributed by atoms with E-state index in [0.29, 0.717) is 5.04 Å². The summed E-state index contributed by atoms with van der Waals surface area (Å²) in [6.45, 7) is 12.0. The fraction of sp³-hybridized carbons (Fsp3) is 0.538. The summed E-state index contributed by atoms with van der Waals surface area (Å²) in [5.41, 5.74) is 1.41. The molecule has 1 aromatic rings. The molecule has 1 rings (SSSR count). The van der Waals surface area contributed by atoms with Crippen LogP contribution in [0.25, 0.3) is 0 Å². The second-order valence-corrected chi connectivity index (χ2v) is 12.0. The number of hydrogen-bond donors (Lipinski definition) is 0. The van der Waals surface area contributed by atoms with E-state index >= 15 is 0 Å². The van der Waals surface area contributed by atoms with Gasteiger partial charge >= 0.3 is 113 Å². The molecule has 0 saturated carbocycles. The minimum Gasteiger partial charge on any atom is -0.147 e. The van der Waals surface area contributed by atoms with E-state index in [1.54, 1.807) is 20.8 Å². The van der Waals surface area contributed by atoms with Crippen molar-refractivity contribution in [3.05, 3.63) is 29.8 Å². The van der Waals surface area contributed by atoms with Gasteiger partial charge in [0.05, 0.1) is 0 Å². The van der Waals surface area contributed by atoms with Gasteiger partial charge in [-0.25, -0.2) is 0 Å². The first-order valence-corrected chi connectivity index (χ1v) is 9.53. The van der Waals surface area contributed by atoms with Gasteiger partial charge in [0.25, 0.3) is 0 Å². The summed E-state index contributed by atoms with van der Waals surface area (Å²) < 4.78 is 5.27. The summed E-state index contributed by atoms with van der Waals surface area (Å²) in [5, 5.41) is 0.441. The van der Waals surface area contributed by atoms with Crippen molar-refractivity contribution in [1.29, 1.82) is 0 Å². The predicted molar refractivity (Wildman–Crippen MR) is 82.5 cm³/mol. The molecular formula is C13H23Cl2OSiTi. The Morgan fingerprint density at radius 2 is 1.72 bits per heavy atom. The third-order valence-corrected chi connectivity index (χ3v) is 9.41. The first-order valence-electron chi connectivity index (χ1n) is 5.69. The van der Waals surface area contributed by atoms with Crippen LogP contribution in [0.1, 0.15) is 26.3 Å². The summed E-state index contributed by atoms with van der Waals surface area (Å²) in [6, 6.07) is 9.69. The Balaban J connectivity index is 0. The maximum atomic E-state index is 5.27.